The van der Waals surface area contributed by atoms with Crippen LogP contribution in [0.15, 0.2) is 57.7 Å². The Hall–Kier alpha value is -3.39. The Labute approximate surface area is 195 Å². The summed E-state index contributed by atoms with van der Waals surface area (Å²) < 4.78 is 12.6. The van der Waals surface area contributed by atoms with Crippen molar-refractivity contribution in [3.63, 3.8) is 0 Å². The number of aromatic nitrogens is 1. The van der Waals surface area contributed by atoms with E-state index in [0.717, 1.165) is 15.9 Å². The van der Waals surface area contributed by atoms with Crippen LogP contribution in [0.25, 0.3) is 32.0 Å². The summed E-state index contributed by atoms with van der Waals surface area (Å²) in [5, 5.41) is 1.23. The Balaban J connectivity index is 1.36. The van der Waals surface area contributed by atoms with Crippen LogP contribution in [0.4, 0.5) is 10.5 Å². The molecule has 0 N–H and O–H groups in total. The molecule has 0 radical (unpaired) electrons. The number of anilines is 1. The van der Waals surface area contributed by atoms with Crippen molar-refractivity contribution in [2.75, 3.05) is 31.1 Å². The van der Waals surface area contributed by atoms with Crippen LogP contribution in [0.3, 0.4) is 0 Å². The summed E-state index contributed by atoms with van der Waals surface area (Å²) >= 11 is 1.50. The number of ether oxygens (including phenoxy) is 1. The summed E-state index contributed by atoms with van der Waals surface area (Å²) in [6.45, 7) is 8.06. The topological polar surface area (TPSA) is 75.9 Å². The zero-order valence-electron chi connectivity index (χ0n) is 18.8. The van der Waals surface area contributed by atoms with Gasteiger partial charge in [0.15, 0.2) is 16.2 Å². The molecular formula is C25H25N3O4S. The van der Waals surface area contributed by atoms with Gasteiger partial charge in [0, 0.05) is 37.9 Å². The maximum absolute atomic E-state index is 12.9. The minimum atomic E-state index is -0.509. The van der Waals surface area contributed by atoms with E-state index in [0.29, 0.717) is 47.9 Å². The number of rotatable bonds is 2. The molecule has 1 fully saturated rings. The summed E-state index contributed by atoms with van der Waals surface area (Å²) in [4.78, 5) is 33.7. The van der Waals surface area contributed by atoms with Crippen LogP contribution in [-0.4, -0.2) is 47.8 Å². The standard InChI is InChI=1S/C25H25N3O4S/c1-25(2,3)32-24(30)28-12-10-27(11-13-28)16-8-9-20-17(14-16)19(29)15-21(31-20)23-26-18-6-4-5-7-22(18)33-23/h4-9,14-15H,10-13H2,1-3H3. The summed E-state index contributed by atoms with van der Waals surface area (Å²) in [7, 11) is 0. The molecule has 2 aromatic heterocycles. The van der Waals surface area contributed by atoms with Crippen LogP contribution in [0.1, 0.15) is 20.8 Å². The van der Waals surface area contributed by atoms with Crippen LogP contribution in [0, 0.1) is 0 Å². The molecule has 1 aliphatic rings. The lowest BCUT2D eigenvalue weighted by atomic mass is 10.1. The monoisotopic (exact) mass is 463 g/mol. The van der Waals surface area contributed by atoms with Gasteiger partial charge < -0.3 is 19.0 Å². The molecule has 2 aromatic carbocycles. The number of hydrogen-bond donors (Lipinski definition) is 0. The molecule has 1 amide bonds. The Morgan fingerprint density at radius 2 is 1.82 bits per heavy atom. The highest BCUT2D eigenvalue weighted by atomic mass is 32.1. The van der Waals surface area contributed by atoms with Crippen molar-refractivity contribution < 1.29 is 13.9 Å². The Morgan fingerprint density at radius 3 is 2.55 bits per heavy atom. The molecule has 8 heteroatoms. The largest absolute Gasteiger partial charge is 0.453 e. The van der Waals surface area contributed by atoms with E-state index in [1.807, 2.05) is 63.2 Å². The molecule has 1 aliphatic heterocycles. The number of thiazole rings is 1. The van der Waals surface area contributed by atoms with Crippen molar-refractivity contribution >= 4 is 44.3 Å². The average Bonchev–Trinajstić information content (AvgIpc) is 3.22. The van der Waals surface area contributed by atoms with Crippen LogP contribution < -0.4 is 10.3 Å². The van der Waals surface area contributed by atoms with Crippen molar-refractivity contribution in [1.29, 1.82) is 0 Å². The number of benzene rings is 2. The first-order valence-corrected chi connectivity index (χ1v) is 11.8. The molecule has 1 saturated heterocycles. The zero-order valence-corrected chi connectivity index (χ0v) is 19.6. The number of amides is 1. The number of fused-ring (bicyclic) bond motifs is 2. The first-order valence-electron chi connectivity index (χ1n) is 10.9. The van der Waals surface area contributed by atoms with Crippen molar-refractivity contribution in [3.8, 4) is 10.8 Å². The summed E-state index contributed by atoms with van der Waals surface area (Å²) in [6.07, 6.45) is -0.288. The summed E-state index contributed by atoms with van der Waals surface area (Å²) in [5.41, 5.74) is 1.75. The van der Waals surface area contributed by atoms with Crippen LogP contribution >= 0.6 is 11.3 Å². The molecule has 0 unspecified atom stereocenters. The number of para-hydroxylation sites is 1. The third-order valence-electron chi connectivity index (χ3n) is 5.51. The lowest BCUT2D eigenvalue weighted by molar-refractivity contribution is 0.0240. The summed E-state index contributed by atoms with van der Waals surface area (Å²) in [5.74, 6) is 0.479. The van der Waals surface area contributed by atoms with E-state index in [1.54, 1.807) is 4.90 Å². The van der Waals surface area contributed by atoms with Gasteiger partial charge in [0.05, 0.1) is 15.6 Å². The van der Waals surface area contributed by atoms with E-state index < -0.39 is 5.60 Å². The third kappa shape index (κ3) is 4.43. The lowest BCUT2D eigenvalue weighted by Crippen LogP contribution is -2.50. The molecule has 0 atom stereocenters. The minimum absolute atomic E-state index is 0.0975. The van der Waals surface area contributed by atoms with Gasteiger partial charge in [-0.05, 0) is 51.1 Å². The van der Waals surface area contributed by atoms with Gasteiger partial charge in [0.2, 0.25) is 0 Å². The Morgan fingerprint density at radius 1 is 1.06 bits per heavy atom. The molecule has 4 aromatic rings. The number of carbonyl (C=O) groups excluding carboxylic acids is 1. The predicted octanol–water partition coefficient (Wildman–Crippen LogP) is 5.13. The van der Waals surface area contributed by atoms with E-state index in [4.69, 9.17) is 9.15 Å². The lowest BCUT2D eigenvalue weighted by Gasteiger charge is -2.36. The number of carbonyl (C=O) groups is 1. The van der Waals surface area contributed by atoms with Gasteiger partial charge in [0.1, 0.15) is 11.2 Å². The fourth-order valence-electron chi connectivity index (χ4n) is 3.90. The Bertz CT molecular complexity index is 1360. The fourth-order valence-corrected chi connectivity index (χ4v) is 4.82. The highest BCUT2D eigenvalue weighted by molar-refractivity contribution is 7.21. The summed E-state index contributed by atoms with van der Waals surface area (Å²) in [6, 6.07) is 15.0. The van der Waals surface area contributed by atoms with E-state index in [2.05, 4.69) is 9.88 Å². The molecular weight excluding hydrogens is 438 g/mol. The number of hydrogen-bond acceptors (Lipinski definition) is 7. The van der Waals surface area contributed by atoms with Crippen molar-refractivity contribution in [3.05, 3.63) is 58.8 Å². The molecule has 170 valence electrons. The minimum Gasteiger partial charge on any atom is -0.453 e. The third-order valence-corrected chi connectivity index (χ3v) is 6.56. The second kappa shape index (κ2) is 8.19. The van der Waals surface area contributed by atoms with E-state index in [1.165, 1.54) is 17.4 Å². The molecule has 0 spiro atoms. The quantitative estimate of drug-likeness (QED) is 0.410. The normalized spacial score (nSPS) is 14.8. The maximum Gasteiger partial charge on any atom is 0.410 e. The molecule has 3 heterocycles. The van der Waals surface area contributed by atoms with Crippen molar-refractivity contribution in [2.45, 2.75) is 26.4 Å². The predicted molar refractivity (Wildman–Crippen MR) is 131 cm³/mol. The van der Waals surface area contributed by atoms with Gasteiger partial charge >= 0.3 is 6.09 Å². The molecule has 0 saturated carbocycles. The SMILES string of the molecule is CC(C)(C)OC(=O)N1CCN(c2ccc3oc(-c4nc5ccccc5s4)cc(=O)c3c2)CC1. The average molecular weight is 464 g/mol. The molecule has 5 rings (SSSR count). The van der Waals surface area contributed by atoms with E-state index in [-0.39, 0.29) is 11.5 Å². The highest BCUT2D eigenvalue weighted by Gasteiger charge is 2.26. The van der Waals surface area contributed by atoms with Gasteiger partial charge in [-0.15, -0.1) is 11.3 Å². The van der Waals surface area contributed by atoms with Crippen molar-refractivity contribution in [2.24, 2.45) is 0 Å². The molecule has 0 bridgehead atoms. The van der Waals surface area contributed by atoms with Gasteiger partial charge in [0.25, 0.3) is 0 Å². The van der Waals surface area contributed by atoms with Crippen LogP contribution in [0.2, 0.25) is 0 Å². The molecule has 0 aliphatic carbocycles. The number of piperazine rings is 1. The second-order valence-electron chi connectivity index (χ2n) is 9.10. The second-order valence-corrected chi connectivity index (χ2v) is 10.1. The Kier molecular flexibility index (Phi) is 5.32. The first-order chi connectivity index (χ1) is 15.8. The number of nitrogens with zero attached hydrogens (tertiary/aromatic N) is 3. The van der Waals surface area contributed by atoms with Crippen molar-refractivity contribution in [1.82, 2.24) is 9.88 Å². The maximum atomic E-state index is 12.9. The smallest absolute Gasteiger partial charge is 0.410 e. The fraction of sp³-hybridized carbons (Fsp3) is 0.320. The molecule has 7 nitrogen and oxygen atoms in total. The van der Waals surface area contributed by atoms with Gasteiger partial charge in [-0.3, -0.25) is 4.79 Å². The first kappa shape index (κ1) is 21.5. The van der Waals surface area contributed by atoms with Crippen LogP contribution in [-0.2, 0) is 4.74 Å². The zero-order chi connectivity index (χ0) is 23.2. The van der Waals surface area contributed by atoms with Gasteiger partial charge in [-0.1, -0.05) is 12.1 Å². The van der Waals surface area contributed by atoms with Crippen LogP contribution in [0.5, 0.6) is 0 Å². The van der Waals surface area contributed by atoms with E-state index >= 15 is 0 Å². The highest BCUT2D eigenvalue weighted by Crippen LogP contribution is 2.31. The molecule has 33 heavy (non-hydrogen) atoms. The van der Waals surface area contributed by atoms with Gasteiger partial charge in [-0.25, -0.2) is 9.78 Å². The van der Waals surface area contributed by atoms with Gasteiger partial charge in [-0.2, -0.15) is 0 Å². The van der Waals surface area contributed by atoms with E-state index in [9.17, 15) is 9.59 Å².